The summed E-state index contributed by atoms with van der Waals surface area (Å²) in [5, 5.41) is 2.76. The minimum absolute atomic E-state index is 0.194. The summed E-state index contributed by atoms with van der Waals surface area (Å²) in [6, 6.07) is 7.46. The first-order chi connectivity index (χ1) is 11.3. The van der Waals surface area contributed by atoms with E-state index in [1.54, 1.807) is 14.0 Å². The standard InChI is InChI=1S/C18H23N3O3/c1-12-4-6-13(7-5-12)10-20(3)15(22)11-21-16(23)18(2,14-8-9-14)19-17(21)24/h4-7,14H,8-11H2,1-3H3,(H,19,24). The van der Waals surface area contributed by atoms with Gasteiger partial charge >= 0.3 is 6.03 Å². The number of likely N-dealkylation sites (N-methyl/N-ethyl adjacent to an activating group) is 1. The Labute approximate surface area is 141 Å². The summed E-state index contributed by atoms with van der Waals surface area (Å²) in [6.07, 6.45) is 1.88. The van der Waals surface area contributed by atoms with Crippen LogP contribution in [0.2, 0.25) is 0 Å². The van der Waals surface area contributed by atoms with Crippen molar-refractivity contribution in [2.45, 2.75) is 38.8 Å². The summed E-state index contributed by atoms with van der Waals surface area (Å²) in [6.45, 7) is 4.00. The Morgan fingerprint density at radius 1 is 1.29 bits per heavy atom. The smallest absolute Gasteiger partial charge is 0.325 e. The van der Waals surface area contributed by atoms with Crippen LogP contribution in [-0.2, 0) is 16.1 Å². The normalized spacial score (nSPS) is 23.4. The Kier molecular flexibility index (Phi) is 4.07. The molecule has 3 rings (SSSR count). The number of urea groups is 1. The van der Waals surface area contributed by atoms with Crippen LogP contribution in [0.1, 0.15) is 30.9 Å². The minimum Gasteiger partial charge on any atom is -0.340 e. The number of hydrogen-bond donors (Lipinski definition) is 1. The van der Waals surface area contributed by atoms with E-state index < -0.39 is 11.6 Å². The van der Waals surface area contributed by atoms with Gasteiger partial charge in [0.05, 0.1) is 0 Å². The first kappa shape index (κ1) is 16.5. The quantitative estimate of drug-likeness (QED) is 0.836. The van der Waals surface area contributed by atoms with Gasteiger partial charge in [-0.3, -0.25) is 14.5 Å². The molecule has 1 atom stereocenters. The summed E-state index contributed by atoms with van der Waals surface area (Å²) in [5.74, 6) is -0.342. The van der Waals surface area contributed by atoms with Crippen LogP contribution in [0.5, 0.6) is 0 Å². The van der Waals surface area contributed by atoms with E-state index in [2.05, 4.69) is 5.32 Å². The summed E-state index contributed by atoms with van der Waals surface area (Å²) in [5.41, 5.74) is 1.33. The third-order valence-corrected chi connectivity index (χ3v) is 4.95. The Morgan fingerprint density at radius 3 is 2.50 bits per heavy atom. The molecule has 4 amide bonds. The first-order valence-electron chi connectivity index (χ1n) is 8.25. The zero-order valence-electron chi connectivity index (χ0n) is 14.3. The average molecular weight is 329 g/mol. The van der Waals surface area contributed by atoms with E-state index in [4.69, 9.17) is 0 Å². The Morgan fingerprint density at radius 2 is 1.92 bits per heavy atom. The van der Waals surface area contributed by atoms with Gasteiger partial charge in [0, 0.05) is 13.6 Å². The van der Waals surface area contributed by atoms with Gasteiger partial charge < -0.3 is 10.2 Å². The van der Waals surface area contributed by atoms with Crippen molar-refractivity contribution in [3.05, 3.63) is 35.4 Å². The van der Waals surface area contributed by atoms with Crippen molar-refractivity contribution in [2.24, 2.45) is 5.92 Å². The maximum absolute atomic E-state index is 12.5. The molecule has 0 radical (unpaired) electrons. The molecule has 6 nitrogen and oxygen atoms in total. The highest BCUT2D eigenvalue weighted by molar-refractivity contribution is 6.09. The number of hydrogen-bond acceptors (Lipinski definition) is 3. The number of nitrogens with one attached hydrogen (secondary N) is 1. The van der Waals surface area contributed by atoms with E-state index in [1.807, 2.05) is 31.2 Å². The third kappa shape index (κ3) is 3.00. The van der Waals surface area contributed by atoms with Crippen molar-refractivity contribution in [3.8, 4) is 0 Å². The average Bonchev–Trinajstić information content (AvgIpc) is 3.35. The molecular formula is C18H23N3O3. The minimum atomic E-state index is -0.840. The second-order valence-corrected chi connectivity index (χ2v) is 7.03. The van der Waals surface area contributed by atoms with Gasteiger partial charge in [-0.15, -0.1) is 0 Å². The largest absolute Gasteiger partial charge is 0.340 e. The van der Waals surface area contributed by atoms with E-state index in [9.17, 15) is 14.4 Å². The molecule has 1 aromatic carbocycles. The Balaban J connectivity index is 1.62. The first-order valence-corrected chi connectivity index (χ1v) is 8.25. The van der Waals surface area contributed by atoms with Gasteiger partial charge in [-0.05, 0) is 38.2 Å². The molecule has 1 aliphatic heterocycles. The maximum atomic E-state index is 12.5. The van der Waals surface area contributed by atoms with Gasteiger partial charge in [0.25, 0.3) is 5.91 Å². The monoisotopic (exact) mass is 329 g/mol. The molecule has 0 aromatic heterocycles. The van der Waals surface area contributed by atoms with Gasteiger partial charge in [-0.2, -0.15) is 0 Å². The van der Waals surface area contributed by atoms with Crippen molar-refractivity contribution in [3.63, 3.8) is 0 Å². The lowest BCUT2D eigenvalue weighted by atomic mass is 9.96. The summed E-state index contributed by atoms with van der Waals surface area (Å²) >= 11 is 0. The van der Waals surface area contributed by atoms with Gasteiger partial charge in [0.15, 0.2) is 0 Å². The second-order valence-electron chi connectivity index (χ2n) is 7.03. The molecule has 1 aromatic rings. The van der Waals surface area contributed by atoms with Crippen LogP contribution in [0, 0.1) is 12.8 Å². The Hall–Kier alpha value is -2.37. The maximum Gasteiger partial charge on any atom is 0.325 e. The fraction of sp³-hybridized carbons (Fsp3) is 0.500. The van der Waals surface area contributed by atoms with Crippen LogP contribution in [0.15, 0.2) is 24.3 Å². The zero-order chi connectivity index (χ0) is 17.5. The highest BCUT2D eigenvalue weighted by Gasteiger charge is 2.56. The number of aryl methyl sites for hydroxylation is 1. The van der Waals surface area contributed by atoms with Crippen LogP contribution in [0.25, 0.3) is 0 Å². The van der Waals surface area contributed by atoms with E-state index in [0.717, 1.165) is 28.9 Å². The van der Waals surface area contributed by atoms with Crippen molar-refractivity contribution >= 4 is 17.8 Å². The van der Waals surface area contributed by atoms with E-state index in [1.165, 1.54) is 4.90 Å². The van der Waals surface area contributed by atoms with Crippen molar-refractivity contribution in [2.75, 3.05) is 13.6 Å². The Bertz CT molecular complexity index is 681. The molecule has 1 saturated heterocycles. The lowest BCUT2D eigenvalue weighted by Gasteiger charge is -2.22. The molecule has 2 aliphatic rings. The molecule has 24 heavy (non-hydrogen) atoms. The molecule has 2 fully saturated rings. The van der Waals surface area contributed by atoms with Crippen LogP contribution < -0.4 is 5.32 Å². The van der Waals surface area contributed by atoms with E-state index in [-0.39, 0.29) is 24.3 Å². The molecule has 1 heterocycles. The van der Waals surface area contributed by atoms with Gasteiger partial charge in [0.1, 0.15) is 12.1 Å². The van der Waals surface area contributed by atoms with Crippen LogP contribution in [0.3, 0.4) is 0 Å². The topological polar surface area (TPSA) is 69.7 Å². The van der Waals surface area contributed by atoms with E-state index >= 15 is 0 Å². The molecule has 0 spiro atoms. The highest BCUT2D eigenvalue weighted by Crippen LogP contribution is 2.42. The third-order valence-electron chi connectivity index (χ3n) is 4.95. The van der Waals surface area contributed by atoms with Gasteiger partial charge in [0.2, 0.25) is 5.91 Å². The summed E-state index contributed by atoms with van der Waals surface area (Å²) in [7, 11) is 1.68. The predicted octanol–water partition coefficient (Wildman–Crippen LogP) is 1.67. The number of rotatable bonds is 5. The molecule has 0 bridgehead atoms. The van der Waals surface area contributed by atoms with Crippen LogP contribution in [-0.4, -0.2) is 46.8 Å². The van der Waals surface area contributed by atoms with Gasteiger partial charge in [-0.25, -0.2) is 4.79 Å². The highest BCUT2D eigenvalue weighted by atomic mass is 16.2. The van der Waals surface area contributed by atoms with Gasteiger partial charge in [-0.1, -0.05) is 29.8 Å². The molecule has 1 saturated carbocycles. The number of carbonyl (C=O) groups is 3. The number of amides is 4. The summed E-state index contributed by atoms with van der Waals surface area (Å²) in [4.78, 5) is 39.7. The number of nitrogens with zero attached hydrogens (tertiary/aromatic N) is 2. The van der Waals surface area contributed by atoms with E-state index in [0.29, 0.717) is 6.54 Å². The number of benzene rings is 1. The van der Waals surface area contributed by atoms with Crippen molar-refractivity contribution < 1.29 is 14.4 Å². The summed E-state index contributed by atoms with van der Waals surface area (Å²) < 4.78 is 0. The number of imide groups is 1. The van der Waals surface area contributed by atoms with Crippen LogP contribution >= 0.6 is 0 Å². The fourth-order valence-corrected chi connectivity index (χ4v) is 3.11. The fourth-order valence-electron chi connectivity index (χ4n) is 3.11. The van der Waals surface area contributed by atoms with Crippen LogP contribution in [0.4, 0.5) is 4.79 Å². The molecule has 1 unspecified atom stereocenters. The van der Waals surface area contributed by atoms with Crippen molar-refractivity contribution in [1.29, 1.82) is 0 Å². The second kappa shape index (κ2) is 5.92. The zero-order valence-corrected chi connectivity index (χ0v) is 14.3. The molecule has 6 heteroatoms. The SMILES string of the molecule is Cc1ccc(CN(C)C(=O)CN2C(=O)NC(C)(C3CC3)C2=O)cc1. The lowest BCUT2D eigenvalue weighted by molar-refractivity contribution is -0.138. The number of carbonyl (C=O) groups excluding carboxylic acids is 3. The lowest BCUT2D eigenvalue weighted by Crippen LogP contribution is -2.47. The van der Waals surface area contributed by atoms with Crippen molar-refractivity contribution in [1.82, 2.24) is 15.1 Å². The molecule has 128 valence electrons. The molecular weight excluding hydrogens is 306 g/mol. The predicted molar refractivity (Wildman–Crippen MR) is 89.0 cm³/mol. The molecule has 1 aliphatic carbocycles. The molecule has 1 N–H and O–H groups in total.